The molecule has 0 atom stereocenters. The molecule has 0 fully saturated rings. The summed E-state index contributed by atoms with van der Waals surface area (Å²) in [6.45, 7) is 2.42. The van der Waals surface area contributed by atoms with Crippen LogP contribution in [0.2, 0.25) is 0 Å². The topological polar surface area (TPSA) is 93.8 Å². The Bertz CT molecular complexity index is 833. The second-order valence-electron chi connectivity index (χ2n) is 5.10. The van der Waals surface area contributed by atoms with Gasteiger partial charge in [-0.15, -0.1) is 0 Å². The molecule has 0 radical (unpaired) electrons. The van der Waals surface area contributed by atoms with Gasteiger partial charge in [0.25, 0.3) is 5.69 Å². The average Bonchev–Trinajstić information content (AvgIpc) is 2.58. The van der Waals surface area contributed by atoms with E-state index in [9.17, 15) is 14.9 Å². The van der Waals surface area contributed by atoms with Gasteiger partial charge in [0.15, 0.2) is 0 Å². The number of benzene rings is 2. The quantitative estimate of drug-likeness (QED) is 0.361. The molecule has 0 aromatic heterocycles. The highest BCUT2D eigenvalue weighted by Crippen LogP contribution is 2.34. The molecule has 2 rings (SSSR count). The van der Waals surface area contributed by atoms with Gasteiger partial charge < -0.3 is 4.74 Å². The first-order valence-corrected chi connectivity index (χ1v) is 9.17. The van der Waals surface area contributed by atoms with Crippen molar-refractivity contribution in [3.8, 4) is 5.75 Å². The smallest absolute Gasteiger partial charge is 0.273 e. The molecule has 0 spiro atoms. The molecule has 0 unspecified atom stereocenters. The third-order valence-electron chi connectivity index (χ3n) is 3.25. The Morgan fingerprint density at radius 1 is 1.31 bits per heavy atom. The second kappa shape index (κ2) is 9.44. The Balaban J connectivity index is 2.03. The zero-order valence-electron chi connectivity index (χ0n) is 13.7. The van der Waals surface area contributed by atoms with Gasteiger partial charge >= 0.3 is 0 Å². The van der Waals surface area contributed by atoms with Gasteiger partial charge in [-0.05, 0) is 56.5 Å². The molecular weight excluding hydrogens is 470 g/mol. The molecule has 2 aromatic carbocycles. The summed E-state index contributed by atoms with van der Waals surface area (Å²) in [7, 11) is 0. The summed E-state index contributed by atoms with van der Waals surface area (Å²) < 4.78 is 7.00. The third-order valence-corrected chi connectivity index (χ3v) is 4.43. The largest absolute Gasteiger partial charge is 0.492 e. The fourth-order valence-corrected chi connectivity index (χ4v) is 3.62. The highest BCUT2D eigenvalue weighted by molar-refractivity contribution is 9.11. The van der Waals surface area contributed by atoms with Gasteiger partial charge in [0.2, 0.25) is 5.91 Å². The molecule has 0 heterocycles. The van der Waals surface area contributed by atoms with E-state index < -0.39 is 10.8 Å². The van der Waals surface area contributed by atoms with Crippen molar-refractivity contribution in [1.82, 2.24) is 5.43 Å². The van der Waals surface area contributed by atoms with Gasteiger partial charge in [-0.3, -0.25) is 14.9 Å². The lowest BCUT2D eigenvalue weighted by atomic mass is 10.1. The van der Waals surface area contributed by atoms with E-state index in [4.69, 9.17) is 4.74 Å². The molecule has 2 aromatic rings. The molecule has 26 heavy (non-hydrogen) atoms. The van der Waals surface area contributed by atoms with Crippen LogP contribution in [0.25, 0.3) is 0 Å². The lowest BCUT2D eigenvalue weighted by Crippen LogP contribution is -2.20. The summed E-state index contributed by atoms with van der Waals surface area (Å²) in [5.41, 5.74) is 3.34. The maximum absolute atomic E-state index is 12.0. The Hall–Kier alpha value is -2.26. The number of ether oxygens (including phenoxy) is 1. The van der Waals surface area contributed by atoms with E-state index in [-0.39, 0.29) is 12.1 Å². The average molecular weight is 485 g/mol. The van der Waals surface area contributed by atoms with Crippen LogP contribution in [0.1, 0.15) is 18.1 Å². The molecule has 0 aliphatic rings. The molecule has 0 aliphatic heterocycles. The van der Waals surface area contributed by atoms with Gasteiger partial charge in [0, 0.05) is 11.6 Å². The third kappa shape index (κ3) is 5.37. The maximum Gasteiger partial charge on any atom is 0.273 e. The van der Waals surface area contributed by atoms with Crippen LogP contribution in [-0.4, -0.2) is 23.7 Å². The summed E-state index contributed by atoms with van der Waals surface area (Å²) in [5, 5.41) is 14.9. The summed E-state index contributed by atoms with van der Waals surface area (Å²) >= 11 is 6.84. The SMILES string of the molecule is CCOc1c(Br)cc(/C=N/NC(=O)Cc2ccccc2[N+](=O)[O-])cc1Br. The summed E-state index contributed by atoms with van der Waals surface area (Å²) in [6.07, 6.45) is 1.34. The predicted octanol–water partition coefficient (Wildman–Crippen LogP) is 4.21. The number of hydrogen-bond donors (Lipinski definition) is 1. The highest BCUT2D eigenvalue weighted by atomic mass is 79.9. The van der Waals surface area contributed by atoms with Gasteiger partial charge in [0.05, 0.1) is 33.1 Å². The van der Waals surface area contributed by atoms with Crippen molar-refractivity contribution in [3.05, 3.63) is 66.6 Å². The first kappa shape index (κ1) is 20.1. The lowest BCUT2D eigenvalue weighted by Gasteiger charge is -2.09. The Labute approximate surface area is 166 Å². The molecule has 1 N–H and O–H groups in total. The molecule has 0 saturated heterocycles. The number of para-hydroxylation sites is 1. The van der Waals surface area contributed by atoms with E-state index in [0.29, 0.717) is 17.9 Å². The monoisotopic (exact) mass is 483 g/mol. The first-order chi connectivity index (χ1) is 12.4. The van der Waals surface area contributed by atoms with Crippen molar-refractivity contribution in [1.29, 1.82) is 0 Å². The summed E-state index contributed by atoms with van der Waals surface area (Å²) in [6, 6.07) is 9.71. The van der Waals surface area contributed by atoms with Gasteiger partial charge in [-0.2, -0.15) is 5.10 Å². The molecule has 1 amide bonds. The molecule has 0 saturated carbocycles. The van der Waals surface area contributed by atoms with Gasteiger partial charge in [0.1, 0.15) is 5.75 Å². The van der Waals surface area contributed by atoms with Crippen LogP contribution in [0.3, 0.4) is 0 Å². The Kier molecular flexibility index (Phi) is 7.28. The highest BCUT2D eigenvalue weighted by Gasteiger charge is 2.15. The number of nitro benzene ring substituents is 1. The lowest BCUT2D eigenvalue weighted by molar-refractivity contribution is -0.385. The molecule has 0 aliphatic carbocycles. The van der Waals surface area contributed by atoms with Crippen molar-refractivity contribution in [2.75, 3.05) is 6.61 Å². The van der Waals surface area contributed by atoms with Gasteiger partial charge in [-0.25, -0.2) is 5.43 Å². The first-order valence-electron chi connectivity index (χ1n) is 7.58. The van der Waals surface area contributed by atoms with E-state index in [1.807, 2.05) is 6.92 Å². The van der Waals surface area contributed by atoms with Crippen LogP contribution in [0.15, 0.2) is 50.4 Å². The zero-order chi connectivity index (χ0) is 19.1. The number of hydrogen-bond acceptors (Lipinski definition) is 5. The second-order valence-corrected chi connectivity index (χ2v) is 6.81. The summed E-state index contributed by atoms with van der Waals surface area (Å²) in [5.74, 6) is 0.240. The number of carbonyl (C=O) groups is 1. The van der Waals surface area contributed by atoms with Crippen molar-refractivity contribution >= 4 is 49.7 Å². The van der Waals surface area contributed by atoms with E-state index in [1.165, 1.54) is 12.3 Å². The molecule has 0 bridgehead atoms. The van der Waals surface area contributed by atoms with E-state index in [0.717, 1.165) is 14.5 Å². The number of hydrazone groups is 1. The van der Waals surface area contributed by atoms with Crippen LogP contribution in [0.4, 0.5) is 5.69 Å². The number of carbonyl (C=O) groups excluding carboxylic acids is 1. The minimum atomic E-state index is -0.513. The molecular formula is C17H15Br2N3O4. The van der Waals surface area contributed by atoms with E-state index >= 15 is 0 Å². The minimum Gasteiger partial charge on any atom is -0.492 e. The number of halogens is 2. The van der Waals surface area contributed by atoms with Crippen LogP contribution < -0.4 is 10.2 Å². The Morgan fingerprint density at radius 2 is 1.96 bits per heavy atom. The number of amides is 1. The van der Waals surface area contributed by atoms with Crippen LogP contribution in [0, 0.1) is 10.1 Å². The van der Waals surface area contributed by atoms with Crippen LogP contribution in [-0.2, 0) is 11.2 Å². The number of rotatable bonds is 7. The normalized spacial score (nSPS) is 10.7. The van der Waals surface area contributed by atoms with E-state index in [2.05, 4.69) is 42.4 Å². The zero-order valence-corrected chi connectivity index (χ0v) is 16.9. The standard InChI is InChI=1S/C17H15Br2N3O4/c1-2-26-17-13(18)7-11(8-14(17)19)10-20-21-16(23)9-12-5-3-4-6-15(12)22(24)25/h3-8,10H,2,9H2,1H3,(H,21,23)/b20-10+. The van der Waals surface area contributed by atoms with Crippen LogP contribution >= 0.6 is 31.9 Å². The summed E-state index contributed by atoms with van der Waals surface area (Å²) in [4.78, 5) is 22.4. The van der Waals surface area contributed by atoms with Crippen molar-refractivity contribution in [2.24, 2.45) is 5.10 Å². The fourth-order valence-electron chi connectivity index (χ4n) is 2.17. The maximum atomic E-state index is 12.0. The molecule has 136 valence electrons. The molecule has 9 heteroatoms. The minimum absolute atomic E-state index is 0.0917. The van der Waals surface area contributed by atoms with Crippen molar-refractivity contribution < 1.29 is 14.5 Å². The molecule has 7 nitrogen and oxygen atoms in total. The van der Waals surface area contributed by atoms with Gasteiger partial charge in [-0.1, -0.05) is 18.2 Å². The van der Waals surface area contributed by atoms with Crippen LogP contribution in [0.5, 0.6) is 5.75 Å². The number of nitrogens with one attached hydrogen (secondary N) is 1. The van der Waals surface area contributed by atoms with E-state index in [1.54, 1.807) is 30.3 Å². The van der Waals surface area contributed by atoms with Crippen molar-refractivity contribution in [2.45, 2.75) is 13.3 Å². The van der Waals surface area contributed by atoms with Crippen molar-refractivity contribution in [3.63, 3.8) is 0 Å². The predicted molar refractivity (Wildman–Crippen MR) is 106 cm³/mol. The Morgan fingerprint density at radius 3 is 2.58 bits per heavy atom. The fraction of sp³-hybridized carbons (Fsp3) is 0.176. The number of nitro groups is 1. The number of nitrogens with zero attached hydrogens (tertiary/aromatic N) is 2.